The van der Waals surface area contributed by atoms with E-state index in [9.17, 15) is 5.11 Å². The molecule has 0 radical (unpaired) electrons. The first-order chi connectivity index (χ1) is 10.7. The van der Waals surface area contributed by atoms with Gasteiger partial charge in [-0.1, -0.05) is 64.5 Å². The van der Waals surface area contributed by atoms with Crippen LogP contribution in [-0.4, -0.2) is 5.11 Å². The minimum atomic E-state index is 0.547. The Kier molecular flexibility index (Phi) is 5.10. The Labute approximate surface area is 136 Å². The second kappa shape index (κ2) is 7.06. The van der Waals surface area contributed by atoms with Crippen molar-refractivity contribution >= 4 is 0 Å². The third-order valence-electron chi connectivity index (χ3n) is 5.95. The molecule has 3 rings (SSSR count). The lowest BCUT2D eigenvalue weighted by atomic mass is 9.77. The summed E-state index contributed by atoms with van der Waals surface area (Å²) in [5, 5.41) is 11.0. The minimum Gasteiger partial charge on any atom is -0.507 e. The Morgan fingerprint density at radius 2 is 1.18 bits per heavy atom. The Bertz CT molecular complexity index is 452. The van der Waals surface area contributed by atoms with Gasteiger partial charge in [0.25, 0.3) is 0 Å². The van der Waals surface area contributed by atoms with E-state index in [1.165, 1.54) is 80.9 Å². The second-order valence-corrected chi connectivity index (χ2v) is 7.87. The lowest BCUT2D eigenvalue weighted by molar-refractivity contribution is 0.392. The molecule has 0 aromatic heterocycles. The van der Waals surface area contributed by atoms with Crippen LogP contribution in [0.15, 0.2) is 12.1 Å². The molecule has 2 saturated carbocycles. The summed E-state index contributed by atoms with van der Waals surface area (Å²) < 4.78 is 0. The molecule has 122 valence electrons. The van der Waals surface area contributed by atoms with Crippen LogP contribution in [0.1, 0.15) is 112 Å². The van der Waals surface area contributed by atoms with E-state index in [-0.39, 0.29) is 0 Å². The average molecular weight is 300 g/mol. The van der Waals surface area contributed by atoms with Gasteiger partial charge in [-0.15, -0.1) is 0 Å². The van der Waals surface area contributed by atoms with Gasteiger partial charge in [-0.25, -0.2) is 0 Å². The zero-order valence-corrected chi connectivity index (χ0v) is 14.4. The van der Waals surface area contributed by atoms with Crippen molar-refractivity contribution in [2.45, 2.75) is 95.8 Å². The number of phenolic OH excluding ortho intramolecular Hbond substituents is 1. The van der Waals surface area contributed by atoms with Crippen molar-refractivity contribution in [3.8, 4) is 5.75 Å². The molecule has 0 bridgehead atoms. The van der Waals surface area contributed by atoms with Gasteiger partial charge in [-0.2, -0.15) is 0 Å². The number of phenols is 1. The molecular formula is C21H32O. The van der Waals surface area contributed by atoms with E-state index < -0.39 is 0 Å². The number of aromatic hydroxyl groups is 1. The average Bonchev–Trinajstić information content (AvgIpc) is 2.56. The highest BCUT2D eigenvalue weighted by molar-refractivity contribution is 5.48. The first-order valence-electron chi connectivity index (χ1n) is 9.53. The highest BCUT2D eigenvalue weighted by Gasteiger charge is 2.25. The maximum absolute atomic E-state index is 11.0. The third-order valence-corrected chi connectivity index (χ3v) is 5.95. The highest BCUT2D eigenvalue weighted by atomic mass is 16.3. The highest BCUT2D eigenvalue weighted by Crippen LogP contribution is 2.45. The molecule has 0 aliphatic heterocycles. The lowest BCUT2D eigenvalue weighted by Crippen LogP contribution is -2.10. The van der Waals surface area contributed by atoms with Gasteiger partial charge < -0.3 is 5.11 Å². The number of benzene rings is 1. The van der Waals surface area contributed by atoms with Crippen LogP contribution in [0.3, 0.4) is 0 Å². The molecule has 22 heavy (non-hydrogen) atoms. The smallest absolute Gasteiger partial charge is 0.122 e. The van der Waals surface area contributed by atoms with Crippen LogP contribution in [-0.2, 0) is 0 Å². The minimum absolute atomic E-state index is 0.547. The molecule has 2 aliphatic carbocycles. The van der Waals surface area contributed by atoms with Crippen LogP contribution in [0.5, 0.6) is 5.75 Å². The summed E-state index contributed by atoms with van der Waals surface area (Å²) in [6.07, 6.45) is 13.1. The van der Waals surface area contributed by atoms with Crippen molar-refractivity contribution in [2.75, 3.05) is 0 Å². The van der Waals surface area contributed by atoms with Gasteiger partial charge in [-0.05, 0) is 60.1 Å². The zero-order chi connectivity index (χ0) is 15.5. The standard InChI is InChI=1S/C21H32O/c1-15(2)18-13-19(16-9-5-3-6-10-16)21(22)20(14-18)17-11-7-4-8-12-17/h13-17,22H,3-12H2,1-2H3. The molecular weight excluding hydrogens is 268 g/mol. The first kappa shape index (κ1) is 15.9. The molecule has 1 heteroatoms. The molecule has 2 aliphatic rings. The largest absolute Gasteiger partial charge is 0.507 e. The number of hydrogen-bond acceptors (Lipinski definition) is 1. The van der Waals surface area contributed by atoms with E-state index >= 15 is 0 Å². The van der Waals surface area contributed by atoms with Crippen molar-refractivity contribution in [3.05, 3.63) is 28.8 Å². The predicted molar refractivity (Wildman–Crippen MR) is 93.8 cm³/mol. The topological polar surface area (TPSA) is 20.2 Å². The SMILES string of the molecule is CC(C)c1cc(C2CCCCC2)c(O)c(C2CCCCC2)c1. The fraction of sp³-hybridized carbons (Fsp3) is 0.714. The fourth-order valence-corrected chi connectivity index (χ4v) is 4.49. The maximum Gasteiger partial charge on any atom is 0.122 e. The van der Waals surface area contributed by atoms with Crippen LogP contribution in [0, 0.1) is 0 Å². The molecule has 1 aromatic carbocycles. The zero-order valence-electron chi connectivity index (χ0n) is 14.4. The van der Waals surface area contributed by atoms with Crippen molar-refractivity contribution in [2.24, 2.45) is 0 Å². The summed E-state index contributed by atoms with van der Waals surface area (Å²) in [5.74, 6) is 2.39. The van der Waals surface area contributed by atoms with Crippen molar-refractivity contribution < 1.29 is 5.11 Å². The summed E-state index contributed by atoms with van der Waals surface area (Å²) in [6.45, 7) is 4.56. The Hall–Kier alpha value is -0.980. The van der Waals surface area contributed by atoms with Crippen LogP contribution in [0.4, 0.5) is 0 Å². The molecule has 2 fully saturated rings. The van der Waals surface area contributed by atoms with Gasteiger partial charge >= 0.3 is 0 Å². The van der Waals surface area contributed by atoms with Gasteiger partial charge in [0.2, 0.25) is 0 Å². The molecule has 1 N–H and O–H groups in total. The Balaban J connectivity index is 1.98. The number of hydrogen-bond donors (Lipinski definition) is 1. The van der Waals surface area contributed by atoms with E-state index in [4.69, 9.17) is 0 Å². The van der Waals surface area contributed by atoms with Gasteiger partial charge in [0, 0.05) is 0 Å². The fourth-order valence-electron chi connectivity index (χ4n) is 4.49. The van der Waals surface area contributed by atoms with Crippen molar-refractivity contribution in [1.29, 1.82) is 0 Å². The normalized spacial score (nSPS) is 21.4. The van der Waals surface area contributed by atoms with Crippen LogP contribution >= 0.6 is 0 Å². The van der Waals surface area contributed by atoms with Crippen LogP contribution in [0.2, 0.25) is 0 Å². The predicted octanol–water partition coefficient (Wildman–Crippen LogP) is 6.61. The van der Waals surface area contributed by atoms with E-state index in [0.29, 0.717) is 23.5 Å². The Morgan fingerprint density at radius 1 is 0.773 bits per heavy atom. The molecule has 1 nitrogen and oxygen atoms in total. The lowest BCUT2D eigenvalue weighted by Gasteiger charge is -2.29. The quantitative estimate of drug-likeness (QED) is 0.665. The van der Waals surface area contributed by atoms with Gasteiger partial charge in [0.1, 0.15) is 5.75 Å². The van der Waals surface area contributed by atoms with Gasteiger partial charge in [0.15, 0.2) is 0 Å². The third kappa shape index (κ3) is 3.34. The summed E-state index contributed by atoms with van der Waals surface area (Å²) in [6, 6.07) is 4.64. The summed E-state index contributed by atoms with van der Waals surface area (Å²) in [4.78, 5) is 0. The molecule has 0 heterocycles. The molecule has 0 unspecified atom stereocenters. The molecule has 0 atom stereocenters. The van der Waals surface area contributed by atoms with E-state index in [1.807, 2.05) is 0 Å². The number of rotatable bonds is 3. The maximum atomic E-state index is 11.0. The van der Waals surface area contributed by atoms with Gasteiger partial charge in [-0.3, -0.25) is 0 Å². The van der Waals surface area contributed by atoms with Crippen molar-refractivity contribution in [3.63, 3.8) is 0 Å². The Morgan fingerprint density at radius 3 is 1.55 bits per heavy atom. The summed E-state index contributed by atoms with van der Waals surface area (Å²) in [5.41, 5.74) is 3.97. The molecule has 0 saturated heterocycles. The van der Waals surface area contributed by atoms with Crippen molar-refractivity contribution in [1.82, 2.24) is 0 Å². The van der Waals surface area contributed by atoms with E-state index in [1.54, 1.807) is 0 Å². The van der Waals surface area contributed by atoms with Crippen LogP contribution in [0.25, 0.3) is 0 Å². The molecule has 0 amide bonds. The monoisotopic (exact) mass is 300 g/mol. The van der Waals surface area contributed by atoms with E-state index in [0.717, 1.165) is 0 Å². The van der Waals surface area contributed by atoms with Crippen LogP contribution < -0.4 is 0 Å². The molecule has 1 aromatic rings. The van der Waals surface area contributed by atoms with Gasteiger partial charge in [0.05, 0.1) is 0 Å². The summed E-state index contributed by atoms with van der Waals surface area (Å²) >= 11 is 0. The first-order valence-corrected chi connectivity index (χ1v) is 9.53. The summed E-state index contributed by atoms with van der Waals surface area (Å²) in [7, 11) is 0. The van der Waals surface area contributed by atoms with E-state index in [2.05, 4.69) is 26.0 Å². The second-order valence-electron chi connectivity index (χ2n) is 7.87. The molecule has 0 spiro atoms.